The van der Waals surface area contributed by atoms with Crippen molar-refractivity contribution < 1.29 is 14.7 Å². The smallest absolute Gasteiger partial charge is 0.249 e. The van der Waals surface area contributed by atoms with E-state index in [-0.39, 0.29) is 12.3 Å². The molecule has 39 heavy (non-hydrogen) atoms. The van der Waals surface area contributed by atoms with E-state index in [1.54, 1.807) is 0 Å². The first-order chi connectivity index (χ1) is 18.4. The summed E-state index contributed by atoms with van der Waals surface area (Å²) in [6.45, 7) is 17.2. The van der Waals surface area contributed by atoms with Crippen LogP contribution in [0, 0.1) is 17.3 Å². The van der Waals surface area contributed by atoms with Crippen LogP contribution < -0.4 is 11.1 Å². The second kappa shape index (κ2) is 15.4. The Balaban J connectivity index is 2.48. The molecule has 1 aliphatic carbocycles. The predicted octanol–water partition coefficient (Wildman–Crippen LogP) is 5.36. The Bertz CT molecular complexity index is 990. The van der Waals surface area contributed by atoms with Crippen LogP contribution >= 0.6 is 0 Å². The second-order valence-corrected chi connectivity index (χ2v) is 12.1. The molecule has 0 radical (unpaired) electrons. The fraction of sp³-hybridized carbons (Fsp3) is 0.636. The van der Waals surface area contributed by atoms with E-state index in [0.29, 0.717) is 43.5 Å². The molecular formula is C33H53N3O3. The van der Waals surface area contributed by atoms with E-state index in [1.165, 1.54) is 5.56 Å². The van der Waals surface area contributed by atoms with Crippen molar-refractivity contribution in [3.8, 4) is 0 Å². The van der Waals surface area contributed by atoms with E-state index in [2.05, 4.69) is 71.1 Å². The Morgan fingerprint density at radius 2 is 1.69 bits per heavy atom. The lowest BCUT2D eigenvalue weighted by molar-refractivity contribution is -0.132. The minimum absolute atomic E-state index is 0.0404. The van der Waals surface area contributed by atoms with E-state index in [0.717, 1.165) is 36.9 Å². The third-order valence-corrected chi connectivity index (χ3v) is 7.86. The third kappa shape index (κ3) is 9.04. The number of carbonyl (C=O) groups is 2. The molecule has 4 N–H and O–H groups in total. The van der Waals surface area contributed by atoms with Crippen LogP contribution in [-0.4, -0.2) is 54.1 Å². The van der Waals surface area contributed by atoms with Crippen LogP contribution in [0.2, 0.25) is 0 Å². The van der Waals surface area contributed by atoms with Gasteiger partial charge in [0.25, 0.3) is 0 Å². The highest BCUT2D eigenvalue weighted by Gasteiger charge is 2.48. The normalized spacial score (nSPS) is 19.0. The van der Waals surface area contributed by atoms with Crippen molar-refractivity contribution in [2.45, 2.75) is 92.6 Å². The number of nitrogens with two attached hydrogens (primary N) is 1. The first kappa shape index (κ1) is 32.8. The summed E-state index contributed by atoms with van der Waals surface area (Å²) >= 11 is 0. The summed E-state index contributed by atoms with van der Waals surface area (Å²) in [5, 5.41) is 15.0. The van der Waals surface area contributed by atoms with Crippen LogP contribution in [0.4, 0.5) is 0 Å². The molecule has 0 saturated carbocycles. The number of nitrogens with zero attached hydrogens (tertiary/aromatic N) is 1. The van der Waals surface area contributed by atoms with Gasteiger partial charge in [-0.15, -0.1) is 0 Å². The van der Waals surface area contributed by atoms with Crippen LogP contribution in [0.3, 0.4) is 0 Å². The van der Waals surface area contributed by atoms with Crippen molar-refractivity contribution in [2.24, 2.45) is 23.0 Å². The quantitative estimate of drug-likeness (QED) is 0.246. The number of aliphatic hydroxyl groups is 1. The highest BCUT2D eigenvalue weighted by molar-refractivity contribution is 5.96. The molecule has 218 valence electrons. The summed E-state index contributed by atoms with van der Waals surface area (Å²) in [6, 6.07) is 8.40. The van der Waals surface area contributed by atoms with Crippen molar-refractivity contribution in [3.05, 3.63) is 58.7 Å². The maximum Gasteiger partial charge on any atom is 0.249 e. The molecule has 3 atom stereocenters. The average molecular weight is 540 g/mol. The first-order valence-electron chi connectivity index (χ1n) is 14.9. The van der Waals surface area contributed by atoms with Gasteiger partial charge in [0, 0.05) is 31.1 Å². The number of amides is 2. The summed E-state index contributed by atoms with van der Waals surface area (Å²) in [4.78, 5) is 28.9. The van der Waals surface area contributed by atoms with Gasteiger partial charge in [-0.2, -0.15) is 0 Å². The Labute approximate surface area is 237 Å². The molecule has 2 amide bonds. The molecule has 1 aromatic rings. The summed E-state index contributed by atoms with van der Waals surface area (Å²) in [6.07, 6.45) is 6.38. The van der Waals surface area contributed by atoms with Gasteiger partial charge in [-0.05, 0) is 68.5 Å². The molecule has 6 heteroatoms. The van der Waals surface area contributed by atoms with Gasteiger partial charge >= 0.3 is 0 Å². The molecule has 1 unspecified atom stereocenters. The molecular weight excluding hydrogens is 486 g/mol. The van der Waals surface area contributed by atoms with Gasteiger partial charge < -0.3 is 21.1 Å². The first-order valence-corrected chi connectivity index (χ1v) is 14.9. The number of benzene rings is 1. The molecule has 0 saturated heterocycles. The molecule has 2 rings (SSSR count). The van der Waals surface area contributed by atoms with E-state index in [4.69, 9.17) is 5.73 Å². The average Bonchev–Trinajstić information content (AvgIpc) is 2.88. The van der Waals surface area contributed by atoms with Crippen LogP contribution in [0.15, 0.2) is 47.6 Å². The Morgan fingerprint density at radius 1 is 1.08 bits per heavy atom. The number of allylic oxidation sites excluding steroid dienone is 2. The van der Waals surface area contributed by atoms with Gasteiger partial charge in [0.2, 0.25) is 11.8 Å². The topological polar surface area (TPSA) is 95.7 Å². The van der Waals surface area contributed by atoms with Crippen LogP contribution in [0.5, 0.6) is 0 Å². The van der Waals surface area contributed by atoms with Gasteiger partial charge in [0.15, 0.2) is 0 Å². The molecule has 0 heterocycles. The van der Waals surface area contributed by atoms with Crippen molar-refractivity contribution in [1.82, 2.24) is 10.2 Å². The van der Waals surface area contributed by atoms with E-state index in [1.807, 2.05) is 24.0 Å². The SMILES string of the molecule is CCCN(CCC)C(=O)C1=CC(C)=CC(C(N)=O)([C@H](Cc2ccc(C(C)C)cc2)[C@@H](O)CNCCC(C)C)C1. The monoisotopic (exact) mass is 539 g/mol. The Hall–Kier alpha value is -2.44. The number of rotatable bonds is 16. The minimum Gasteiger partial charge on any atom is -0.391 e. The molecule has 6 nitrogen and oxygen atoms in total. The maximum absolute atomic E-state index is 13.7. The number of hydrogen-bond acceptors (Lipinski definition) is 4. The zero-order valence-corrected chi connectivity index (χ0v) is 25.4. The predicted molar refractivity (Wildman–Crippen MR) is 161 cm³/mol. The second-order valence-electron chi connectivity index (χ2n) is 12.1. The lowest BCUT2D eigenvalue weighted by Gasteiger charge is -2.42. The fourth-order valence-electron chi connectivity index (χ4n) is 5.65. The summed E-state index contributed by atoms with van der Waals surface area (Å²) in [5.74, 6) is -0.0639. The van der Waals surface area contributed by atoms with E-state index >= 15 is 0 Å². The zero-order valence-electron chi connectivity index (χ0n) is 25.4. The molecule has 0 fully saturated rings. The van der Waals surface area contributed by atoms with Crippen molar-refractivity contribution in [3.63, 3.8) is 0 Å². The fourth-order valence-corrected chi connectivity index (χ4v) is 5.65. The molecule has 0 aliphatic heterocycles. The van der Waals surface area contributed by atoms with Gasteiger partial charge in [-0.25, -0.2) is 0 Å². The van der Waals surface area contributed by atoms with Crippen molar-refractivity contribution in [1.29, 1.82) is 0 Å². The number of aliphatic hydroxyl groups excluding tert-OH is 1. The van der Waals surface area contributed by atoms with Gasteiger partial charge in [0.05, 0.1) is 11.5 Å². The molecule has 1 aliphatic rings. The number of primary amides is 1. The van der Waals surface area contributed by atoms with Gasteiger partial charge in [-0.3, -0.25) is 9.59 Å². The molecule has 0 bridgehead atoms. The lowest BCUT2D eigenvalue weighted by atomic mass is 9.63. The maximum atomic E-state index is 13.7. The van der Waals surface area contributed by atoms with Crippen LogP contribution in [-0.2, 0) is 16.0 Å². The third-order valence-electron chi connectivity index (χ3n) is 7.86. The highest BCUT2D eigenvalue weighted by Crippen LogP contribution is 2.44. The van der Waals surface area contributed by atoms with Gasteiger partial charge in [-0.1, -0.05) is 83.5 Å². The Kier molecular flexibility index (Phi) is 12.9. The molecule has 0 aromatic heterocycles. The number of carbonyl (C=O) groups excluding carboxylic acids is 2. The Morgan fingerprint density at radius 3 is 2.21 bits per heavy atom. The summed E-state index contributed by atoms with van der Waals surface area (Å²) in [7, 11) is 0. The van der Waals surface area contributed by atoms with Crippen LogP contribution in [0.1, 0.15) is 91.2 Å². The standard InChI is InChI=1S/C33H53N3O3/c1-8-16-36(17-9-2)31(38)28-18-25(7)20-33(21-28,32(34)39)29(30(37)22-35-15-14-23(3)4)19-26-10-12-27(13-11-26)24(5)6/h10-13,18,20,23-24,29-30,35,37H,8-9,14-17,19,21-22H2,1-7H3,(H2,34,39)/t29-,30+,33?/m1/s1. The van der Waals surface area contributed by atoms with Crippen LogP contribution in [0.25, 0.3) is 0 Å². The lowest BCUT2D eigenvalue weighted by Crippen LogP contribution is -2.52. The van der Waals surface area contributed by atoms with E-state index in [9.17, 15) is 14.7 Å². The van der Waals surface area contributed by atoms with Gasteiger partial charge in [0.1, 0.15) is 0 Å². The highest BCUT2D eigenvalue weighted by atomic mass is 16.3. The summed E-state index contributed by atoms with van der Waals surface area (Å²) in [5.41, 5.74) is 8.73. The number of hydrogen-bond donors (Lipinski definition) is 3. The zero-order chi connectivity index (χ0) is 29.2. The summed E-state index contributed by atoms with van der Waals surface area (Å²) < 4.78 is 0. The van der Waals surface area contributed by atoms with Crippen molar-refractivity contribution in [2.75, 3.05) is 26.2 Å². The molecule has 0 spiro atoms. The minimum atomic E-state index is -1.18. The number of nitrogens with one attached hydrogen (secondary N) is 1. The molecule has 1 aromatic carbocycles. The van der Waals surface area contributed by atoms with Crippen molar-refractivity contribution >= 4 is 11.8 Å². The van der Waals surface area contributed by atoms with E-state index < -0.39 is 23.3 Å². The largest absolute Gasteiger partial charge is 0.391 e.